The lowest BCUT2D eigenvalue weighted by Crippen LogP contribution is -1.92. The second kappa shape index (κ2) is 5.56. The molecule has 5 heteroatoms. The summed E-state index contributed by atoms with van der Waals surface area (Å²) in [5, 5.41) is 6.16. The minimum atomic E-state index is 0.582. The number of nitrogens with zero attached hydrogens (tertiary/aromatic N) is 1. The van der Waals surface area contributed by atoms with Crippen LogP contribution in [0.1, 0.15) is 0 Å². The van der Waals surface area contributed by atoms with E-state index >= 15 is 0 Å². The highest BCUT2D eigenvalue weighted by atomic mass is 32.2. The van der Waals surface area contributed by atoms with Crippen molar-refractivity contribution < 1.29 is 9.26 Å². The molecule has 1 heterocycles. The van der Waals surface area contributed by atoms with Crippen molar-refractivity contribution in [1.82, 2.24) is 5.16 Å². The molecule has 102 valence electrons. The number of nitrogens with two attached hydrogens (primary N) is 1. The Bertz CT molecular complexity index is 726. The summed E-state index contributed by atoms with van der Waals surface area (Å²) >= 11 is 1.62. The van der Waals surface area contributed by atoms with Crippen LogP contribution in [-0.4, -0.2) is 18.2 Å². The van der Waals surface area contributed by atoms with Crippen LogP contribution in [-0.2, 0) is 4.74 Å². The fourth-order valence-electron chi connectivity index (χ4n) is 2.21. The maximum Gasteiger partial charge on any atom is 0.124 e. The molecule has 0 saturated heterocycles. The van der Waals surface area contributed by atoms with Gasteiger partial charge in [-0.25, -0.2) is 0 Å². The Hall–Kier alpha value is -1.98. The number of rotatable bonds is 4. The zero-order chi connectivity index (χ0) is 13.9. The summed E-state index contributed by atoms with van der Waals surface area (Å²) in [6.07, 6.45) is 1.57. The van der Waals surface area contributed by atoms with Gasteiger partial charge in [0.05, 0.1) is 5.94 Å². The number of methoxy groups -OCH3 is 1. The van der Waals surface area contributed by atoms with Gasteiger partial charge < -0.3 is 15.0 Å². The first-order valence-corrected chi connectivity index (χ1v) is 7.13. The average molecular weight is 286 g/mol. The van der Waals surface area contributed by atoms with Gasteiger partial charge in [-0.3, -0.25) is 0 Å². The largest absolute Gasteiger partial charge is 0.398 e. The van der Waals surface area contributed by atoms with Gasteiger partial charge in [-0.1, -0.05) is 35.1 Å². The second-order valence-electron chi connectivity index (χ2n) is 4.32. The first-order chi connectivity index (χ1) is 9.81. The summed E-state index contributed by atoms with van der Waals surface area (Å²) < 4.78 is 10.1. The van der Waals surface area contributed by atoms with Crippen molar-refractivity contribution in [2.75, 3.05) is 18.8 Å². The van der Waals surface area contributed by atoms with E-state index in [4.69, 9.17) is 15.0 Å². The minimum absolute atomic E-state index is 0.582. The van der Waals surface area contributed by atoms with Gasteiger partial charge in [0.25, 0.3) is 0 Å². The molecule has 0 amide bonds. The number of hydrogen-bond acceptors (Lipinski definition) is 5. The lowest BCUT2D eigenvalue weighted by molar-refractivity contribution is 0.259. The summed E-state index contributed by atoms with van der Waals surface area (Å²) in [6, 6.07) is 11.8. The SMILES string of the molecule is COCSc1ccc2c(N)cccc2c1-c1ccon1. The van der Waals surface area contributed by atoms with Gasteiger partial charge in [0.1, 0.15) is 12.0 Å². The summed E-state index contributed by atoms with van der Waals surface area (Å²) in [5.74, 6) is 0.582. The van der Waals surface area contributed by atoms with E-state index in [0.717, 1.165) is 32.6 Å². The molecular weight excluding hydrogens is 272 g/mol. The van der Waals surface area contributed by atoms with E-state index in [1.54, 1.807) is 25.1 Å². The van der Waals surface area contributed by atoms with Crippen molar-refractivity contribution in [3.63, 3.8) is 0 Å². The third-order valence-corrected chi connectivity index (χ3v) is 4.09. The summed E-state index contributed by atoms with van der Waals surface area (Å²) in [7, 11) is 1.68. The van der Waals surface area contributed by atoms with Crippen molar-refractivity contribution in [2.24, 2.45) is 0 Å². The van der Waals surface area contributed by atoms with Gasteiger partial charge in [0.15, 0.2) is 0 Å². The predicted octanol–water partition coefficient (Wildman–Crippen LogP) is 3.77. The lowest BCUT2D eigenvalue weighted by atomic mass is 10.0. The summed E-state index contributed by atoms with van der Waals surface area (Å²) in [5.41, 5.74) is 8.65. The van der Waals surface area contributed by atoms with E-state index in [1.807, 2.05) is 36.4 Å². The Kier molecular flexibility index (Phi) is 3.62. The number of thioether (sulfide) groups is 1. The smallest absolute Gasteiger partial charge is 0.124 e. The number of hydrogen-bond donors (Lipinski definition) is 1. The van der Waals surface area contributed by atoms with Crippen LogP contribution in [0.5, 0.6) is 0 Å². The molecule has 0 aliphatic heterocycles. The molecule has 3 aromatic rings. The fourth-order valence-corrected chi connectivity index (χ4v) is 2.98. The second-order valence-corrected chi connectivity index (χ2v) is 5.28. The molecule has 0 bridgehead atoms. The maximum absolute atomic E-state index is 6.05. The van der Waals surface area contributed by atoms with Gasteiger partial charge in [0, 0.05) is 34.7 Å². The Morgan fingerprint density at radius 2 is 2.10 bits per heavy atom. The van der Waals surface area contributed by atoms with Crippen molar-refractivity contribution in [3.05, 3.63) is 42.7 Å². The standard InChI is InChI=1S/C15H14N2O2S/c1-18-9-20-14-6-5-10-11(3-2-4-12(10)16)15(14)13-7-8-19-17-13/h2-8H,9,16H2,1H3. The average Bonchev–Trinajstić information content (AvgIpc) is 2.98. The zero-order valence-corrected chi connectivity index (χ0v) is 11.8. The van der Waals surface area contributed by atoms with Gasteiger partial charge >= 0.3 is 0 Å². The molecule has 0 spiro atoms. The molecule has 0 saturated carbocycles. The first-order valence-electron chi connectivity index (χ1n) is 6.15. The monoisotopic (exact) mass is 286 g/mol. The van der Waals surface area contributed by atoms with Crippen LogP contribution in [0.4, 0.5) is 5.69 Å². The molecule has 20 heavy (non-hydrogen) atoms. The summed E-state index contributed by atoms with van der Waals surface area (Å²) in [6.45, 7) is 0. The number of ether oxygens (including phenoxy) is 1. The van der Waals surface area contributed by atoms with Crippen LogP contribution in [0.25, 0.3) is 22.0 Å². The Balaban J connectivity index is 2.27. The van der Waals surface area contributed by atoms with Gasteiger partial charge in [-0.15, -0.1) is 0 Å². The van der Waals surface area contributed by atoms with E-state index < -0.39 is 0 Å². The normalized spacial score (nSPS) is 11.1. The van der Waals surface area contributed by atoms with E-state index in [9.17, 15) is 0 Å². The Morgan fingerprint density at radius 3 is 2.85 bits per heavy atom. The molecular formula is C15H14N2O2S. The molecule has 0 atom stereocenters. The number of aromatic nitrogens is 1. The third-order valence-electron chi connectivity index (χ3n) is 3.08. The number of anilines is 1. The Morgan fingerprint density at radius 1 is 1.20 bits per heavy atom. The van der Waals surface area contributed by atoms with Crippen LogP contribution in [0, 0.1) is 0 Å². The highest BCUT2D eigenvalue weighted by molar-refractivity contribution is 7.99. The molecule has 0 aliphatic rings. The molecule has 3 rings (SSSR count). The van der Waals surface area contributed by atoms with Crippen LogP contribution < -0.4 is 5.73 Å². The van der Waals surface area contributed by atoms with Gasteiger partial charge in [-0.05, 0) is 17.5 Å². The minimum Gasteiger partial charge on any atom is -0.398 e. The number of fused-ring (bicyclic) bond motifs is 1. The topological polar surface area (TPSA) is 61.3 Å². The zero-order valence-electron chi connectivity index (χ0n) is 11.0. The quantitative estimate of drug-likeness (QED) is 0.449. The van der Waals surface area contributed by atoms with Crippen molar-refractivity contribution in [3.8, 4) is 11.3 Å². The van der Waals surface area contributed by atoms with Crippen molar-refractivity contribution in [1.29, 1.82) is 0 Å². The molecule has 4 nitrogen and oxygen atoms in total. The van der Waals surface area contributed by atoms with E-state index in [-0.39, 0.29) is 0 Å². The maximum atomic E-state index is 6.05. The van der Waals surface area contributed by atoms with Crippen LogP contribution in [0.15, 0.2) is 52.1 Å². The molecule has 0 fully saturated rings. The molecule has 0 unspecified atom stereocenters. The highest BCUT2D eigenvalue weighted by Crippen LogP contribution is 2.38. The molecule has 0 radical (unpaired) electrons. The van der Waals surface area contributed by atoms with Crippen LogP contribution >= 0.6 is 11.8 Å². The number of benzene rings is 2. The van der Waals surface area contributed by atoms with Crippen molar-refractivity contribution in [2.45, 2.75) is 4.90 Å². The predicted molar refractivity (Wildman–Crippen MR) is 81.6 cm³/mol. The van der Waals surface area contributed by atoms with E-state index in [0.29, 0.717) is 5.94 Å². The fraction of sp³-hybridized carbons (Fsp3) is 0.133. The molecule has 2 aromatic carbocycles. The highest BCUT2D eigenvalue weighted by Gasteiger charge is 2.14. The van der Waals surface area contributed by atoms with Gasteiger partial charge in [-0.2, -0.15) is 0 Å². The van der Waals surface area contributed by atoms with Crippen LogP contribution in [0.2, 0.25) is 0 Å². The first kappa shape index (κ1) is 13.0. The van der Waals surface area contributed by atoms with Crippen molar-refractivity contribution >= 4 is 28.2 Å². The van der Waals surface area contributed by atoms with E-state index in [1.165, 1.54) is 0 Å². The molecule has 1 aromatic heterocycles. The Labute approximate surface area is 120 Å². The van der Waals surface area contributed by atoms with E-state index in [2.05, 4.69) is 5.16 Å². The third kappa shape index (κ3) is 2.26. The number of nitrogen functional groups attached to an aromatic ring is 1. The summed E-state index contributed by atoms with van der Waals surface area (Å²) in [4.78, 5) is 1.10. The van der Waals surface area contributed by atoms with Gasteiger partial charge in [0.2, 0.25) is 0 Å². The molecule has 0 aliphatic carbocycles. The van der Waals surface area contributed by atoms with Crippen LogP contribution in [0.3, 0.4) is 0 Å². The molecule has 2 N–H and O–H groups in total. The lowest BCUT2D eigenvalue weighted by Gasteiger charge is -2.11.